The molecular weight excluding hydrogens is 230 g/mol. The molecule has 0 bridgehead atoms. The highest BCUT2D eigenvalue weighted by Gasteiger charge is 2.21. The minimum absolute atomic E-state index is 0.257. The zero-order valence-electron chi connectivity index (χ0n) is 10.8. The summed E-state index contributed by atoms with van der Waals surface area (Å²) in [7, 11) is 0. The molecule has 0 fully saturated rings. The van der Waals surface area contributed by atoms with Crippen molar-refractivity contribution in [1.82, 2.24) is 0 Å². The summed E-state index contributed by atoms with van der Waals surface area (Å²) in [6.45, 7) is 3.55. The maximum absolute atomic E-state index is 9.50. The van der Waals surface area contributed by atoms with Gasteiger partial charge >= 0.3 is 0 Å². The number of aliphatic hydroxyl groups is 1. The second-order valence-corrected chi connectivity index (χ2v) is 4.75. The molecule has 0 aliphatic heterocycles. The molecule has 0 saturated heterocycles. The van der Waals surface area contributed by atoms with Gasteiger partial charge < -0.3 is 15.1 Å². The third kappa shape index (κ3) is 2.48. The summed E-state index contributed by atoms with van der Waals surface area (Å²) in [5.74, 6) is 0.779. The van der Waals surface area contributed by atoms with Crippen molar-refractivity contribution in [3.8, 4) is 5.75 Å². The van der Waals surface area contributed by atoms with Crippen LogP contribution in [0.2, 0.25) is 0 Å². The van der Waals surface area contributed by atoms with Crippen LogP contribution < -0.4 is 4.74 Å². The highest BCUT2D eigenvalue weighted by atomic mass is 16.5. The van der Waals surface area contributed by atoms with Crippen LogP contribution in [0.1, 0.15) is 37.8 Å². The van der Waals surface area contributed by atoms with Crippen LogP contribution in [0.3, 0.4) is 0 Å². The van der Waals surface area contributed by atoms with Gasteiger partial charge in [-0.05, 0) is 39.2 Å². The summed E-state index contributed by atoms with van der Waals surface area (Å²) in [5.41, 5.74) is 2.74. The van der Waals surface area contributed by atoms with Crippen LogP contribution in [0.15, 0.2) is 23.4 Å². The smallest absolute Gasteiger partial charge is 0.123 e. The summed E-state index contributed by atoms with van der Waals surface area (Å²) in [5, 5.41) is 21.9. The summed E-state index contributed by atoms with van der Waals surface area (Å²) in [4.78, 5) is 0. The topological polar surface area (TPSA) is 62.0 Å². The molecule has 4 nitrogen and oxygen atoms in total. The standard InChI is InChI=1S/C14H19NO3/c1-9(16)10(2)18-14-8-4-5-11-12(14)6-3-7-13(11)15-17/h4-5,8-10,16-17H,3,6-7H2,1-2H3. The van der Waals surface area contributed by atoms with Crippen molar-refractivity contribution in [2.45, 2.75) is 45.3 Å². The molecule has 0 spiro atoms. The first kappa shape index (κ1) is 12.9. The molecule has 2 unspecified atom stereocenters. The van der Waals surface area contributed by atoms with Crippen molar-refractivity contribution in [2.24, 2.45) is 5.16 Å². The van der Waals surface area contributed by atoms with E-state index in [-0.39, 0.29) is 6.10 Å². The summed E-state index contributed by atoms with van der Waals surface area (Å²) in [6.07, 6.45) is 1.88. The molecule has 0 saturated carbocycles. The minimum Gasteiger partial charge on any atom is -0.488 e. The van der Waals surface area contributed by atoms with Gasteiger partial charge in [0.05, 0.1) is 11.8 Å². The lowest BCUT2D eigenvalue weighted by Gasteiger charge is -2.23. The van der Waals surface area contributed by atoms with Gasteiger partial charge in [-0.15, -0.1) is 0 Å². The lowest BCUT2D eigenvalue weighted by molar-refractivity contribution is 0.0598. The van der Waals surface area contributed by atoms with Crippen LogP contribution >= 0.6 is 0 Å². The Kier molecular flexibility index (Phi) is 3.87. The van der Waals surface area contributed by atoms with Gasteiger partial charge in [-0.2, -0.15) is 0 Å². The maximum atomic E-state index is 9.50. The Morgan fingerprint density at radius 2 is 2.06 bits per heavy atom. The van der Waals surface area contributed by atoms with Gasteiger partial charge in [-0.3, -0.25) is 0 Å². The molecular formula is C14H19NO3. The third-order valence-corrected chi connectivity index (χ3v) is 3.40. The van der Waals surface area contributed by atoms with Crippen LogP contribution in [-0.4, -0.2) is 28.2 Å². The van der Waals surface area contributed by atoms with E-state index in [9.17, 15) is 5.11 Å². The number of hydrogen-bond donors (Lipinski definition) is 2. The number of benzene rings is 1. The number of fused-ring (bicyclic) bond motifs is 1. The average Bonchev–Trinajstić information content (AvgIpc) is 2.38. The van der Waals surface area contributed by atoms with Gasteiger partial charge in [0.25, 0.3) is 0 Å². The second-order valence-electron chi connectivity index (χ2n) is 4.75. The molecule has 98 valence electrons. The molecule has 1 aliphatic carbocycles. The van der Waals surface area contributed by atoms with Gasteiger partial charge in [0.2, 0.25) is 0 Å². The number of rotatable bonds is 3. The van der Waals surface area contributed by atoms with Crippen LogP contribution in [0.25, 0.3) is 0 Å². The fourth-order valence-corrected chi connectivity index (χ4v) is 2.17. The number of oxime groups is 1. The van der Waals surface area contributed by atoms with E-state index in [0.29, 0.717) is 5.71 Å². The predicted molar refractivity (Wildman–Crippen MR) is 69.5 cm³/mol. The lowest BCUT2D eigenvalue weighted by Crippen LogP contribution is -2.26. The molecule has 0 radical (unpaired) electrons. The van der Waals surface area contributed by atoms with Crippen molar-refractivity contribution >= 4 is 5.71 Å². The van der Waals surface area contributed by atoms with Crippen LogP contribution in [0.5, 0.6) is 5.75 Å². The zero-order chi connectivity index (χ0) is 13.1. The predicted octanol–water partition coefficient (Wildman–Crippen LogP) is 2.35. The SMILES string of the molecule is CC(O)C(C)Oc1cccc2c1CCCC2=NO. The Morgan fingerprint density at radius 1 is 1.28 bits per heavy atom. The fourth-order valence-electron chi connectivity index (χ4n) is 2.17. The summed E-state index contributed by atoms with van der Waals surface area (Å²) in [6, 6.07) is 5.74. The van der Waals surface area contributed by atoms with Gasteiger partial charge in [0, 0.05) is 11.1 Å². The number of hydrogen-bond acceptors (Lipinski definition) is 4. The van der Waals surface area contributed by atoms with E-state index < -0.39 is 6.10 Å². The molecule has 2 N–H and O–H groups in total. The van der Waals surface area contributed by atoms with Gasteiger partial charge in [0.1, 0.15) is 11.9 Å². The maximum Gasteiger partial charge on any atom is 0.123 e. The highest BCUT2D eigenvalue weighted by molar-refractivity contribution is 6.02. The number of nitrogens with zero attached hydrogens (tertiary/aromatic N) is 1. The van der Waals surface area contributed by atoms with Crippen molar-refractivity contribution in [3.63, 3.8) is 0 Å². The van der Waals surface area contributed by atoms with Crippen molar-refractivity contribution < 1.29 is 15.1 Å². The Morgan fingerprint density at radius 3 is 2.72 bits per heavy atom. The Bertz CT molecular complexity index is 454. The van der Waals surface area contributed by atoms with E-state index in [1.807, 2.05) is 25.1 Å². The first-order valence-electron chi connectivity index (χ1n) is 6.31. The van der Waals surface area contributed by atoms with E-state index in [1.54, 1.807) is 6.92 Å². The van der Waals surface area contributed by atoms with E-state index in [1.165, 1.54) is 0 Å². The Labute approximate surface area is 107 Å². The van der Waals surface area contributed by atoms with E-state index >= 15 is 0 Å². The summed E-state index contributed by atoms with van der Waals surface area (Å²) < 4.78 is 5.78. The fraction of sp³-hybridized carbons (Fsp3) is 0.500. The van der Waals surface area contributed by atoms with Gasteiger partial charge in [-0.1, -0.05) is 17.3 Å². The van der Waals surface area contributed by atoms with Gasteiger partial charge in [0.15, 0.2) is 0 Å². The van der Waals surface area contributed by atoms with Crippen LogP contribution in [0, 0.1) is 0 Å². The molecule has 1 aromatic rings. The number of ether oxygens (including phenoxy) is 1. The molecule has 2 rings (SSSR count). The molecule has 2 atom stereocenters. The Balaban J connectivity index is 2.33. The zero-order valence-corrected chi connectivity index (χ0v) is 10.8. The molecule has 0 amide bonds. The van der Waals surface area contributed by atoms with Crippen molar-refractivity contribution in [1.29, 1.82) is 0 Å². The molecule has 1 aromatic carbocycles. The monoisotopic (exact) mass is 249 g/mol. The van der Waals surface area contributed by atoms with Gasteiger partial charge in [-0.25, -0.2) is 0 Å². The average molecular weight is 249 g/mol. The largest absolute Gasteiger partial charge is 0.488 e. The molecule has 1 aliphatic rings. The first-order valence-corrected chi connectivity index (χ1v) is 6.31. The Hall–Kier alpha value is -1.55. The van der Waals surface area contributed by atoms with Crippen molar-refractivity contribution in [2.75, 3.05) is 0 Å². The second kappa shape index (κ2) is 5.40. The van der Waals surface area contributed by atoms with Crippen molar-refractivity contribution in [3.05, 3.63) is 29.3 Å². The normalized spacial score (nSPS) is 20.3. The minimum atomic E-state index is -0.518. The van der Waals surface area contributed by atoms with E-state index in [2.05, 4.69) is 5.16 Å². The summed E-state index contributed by atoms with van der Waals surface area (Å²) >= 11 is 0. The molecule has 0 heterocycles. The molecule has 18 heavy (non-hydrogen) atoms. The van der Waals surface area contributed by atoms with Crippen LogP contribution in [0.4, 0.5) is 0 Å². The molecule has 0 aromatic heterocycles. The van der Waals surface area contributed by atoms with Crippen LogP contribution in [-0.2, 0) is 6.42 Å². The lowest BCUT2D eigenvalue weighted by atomic mass is 9.89. The third-order valence-electron chi connectivity index (χ3n) is 3.40. The van der Waals surface area contributed by atoms with E-state index in [4.69, 9.17) is 9.94 Å². The number of aliphatic hydroxyl groups excluding tert-OH is 1. The first-order chi connectivity index (χ1) is 8.63. The molecule has 4 heteroatoms. The quantitative estimate of drug-likeness (QED) is 0.638. The van der Waals surface area contributed by atoms with E-state index in [0.717, 1.165) is 36.1 Å². The highest BCUT2D eigenvalue weighted by Crippen LogP contribution is 2.30.